The zero-order valence-electron chi connectivity index (χ0n) is 21.4. The highest BCUT2D eigenvalue weighted by Gasteiger charge is 2.46. The quantitative estimate of drug-likeness (QED) is 0.206. The molecule has 1 aliphatic rings. The average molecular weight is 518 g/mol. The highest BCUT2D eigenvalue weighted by Crippen LogP contribution is 2.44. The molecule has 38 heavy (non-hydrogen) atoms. The molecule has 196 valence electrons. The number of hydrogen-bond acceptors (Lipinski definition) is 8. The topological polar surface area (TPSA) is 112 Å². The predicted molar refractivity (Wildman–Crippen MR) is 138 cm³/mol. The van der Waals surface area contributed by atoms with Gasteiger partial charge in [-0.15, -0.1) is 0 Å². The molecule has 0 spiro atoms. The van der Waals surface area contributed by atoms with E-state index in [1.165, 1.54) is 33.3 Å². The molecule has 1 heterocycles. The summed E-state index contributed by atoms with van der Waals surface area (Å²) in [5.41, 5.74) is 1.63. The number of ketones is 1. The molecule has 1 fully saturated rings. The van der Waals surface area contributed by atoms with Crippen molar-refractivity contribution < 1.29 is 38.4 Å². The van der Waals surface area contributed by atoms with E-state index in [4.69, 9.17) is 18.9 Å². The monoisotopic (exact) mass is 517 g/mol. The fraction of sp³-hybridized carbons (Fsp3) is 0.207. The third-order valence-electron chi connectivity index (χ3n) is 6.34. The van der Waals surface area contributed by atoms with Crippen LogP contribution in [0.4, 0.5) is 0 Å². The minimum absolute atomic E-state index is 0.0355. The van der Waals surface area contributed by atoms with E-state index in [0.29, 0.717) is 22.4 Å². The smallest absolute Gasteiger partial charge is 0.337 e. The molecule has 1 amide bonds. The molecule has 1 atom stereocenters. The van der Waals surface area contributed by atoms with E-state index in [1.54, 1.807) is 66.7 Å². The van der Waals surface area contributed by atoms with Gasteiger partial charge in [-0.1, -0.05) is 30.3 Å². The van der Waals surface area contributed by atoms with Crippen molar-refractivity contribution in [3.8, 4) is 17.2 Å². The first-order valence-electron chi connectivity index (χ1n) is 11.7. The van der Waals surface area contributed by atoms with Crippen molar-refractivity contribution >= 4 is 23.4 Å². The molecule has 3 aromatic carbocycles. The van der Waals surface area contributed by atoms with E-state index >= 15 is 0 Å². The Morgan fingerprint density at radius 2 is 1.50 bits per heavy atom. The number of likely N-dealkylation sites (tertiary alicyclic amines) is 1. The maximum Gasteiger partial charge on any atom is 0.337 e. The van der Waals surface area contributed by atoms with Crippen molar-refractivity contribution in [3.05, 3.63) is 94.6 Å². The molecule has 1 aliphatic heterocycles. The van der Waals surface area contributed by atoms with Crippen LogP contribution in [0.15, 0.2) is 72.3 Å². The van der Waals surface area contributed by atoms with Gasteiger partial charge < -0.3 is 29.0 Å². The van der Waals surface area contributed by atoms with E-state index in [9.17, 15) is 19.5 Å². The van der Waals surface area contributed by atoms with E-state index in [-0.39, 0.29) is 29.2 Å². The summed E-state index contributed by atoms with van der Waals surface area (Å²) in [5, 5.41) is 11.5. The van der Waals surface area contributed by atoms with Gasteiger partial charge in [-0.05, 0) is 47.5 Å². The van der Waals surface area contributed by atoms with Gasteiger partial charge in [0.05, 0.1) is 45.6 Å². The predicted octanol–water partition coefficient (Wildman–Crippen LogP) is 4.12. The molecule has 9 heteroatoms. The molecule has 1 N–H and O–H groups in total. The van der Waals surface area contributed by atoms with Crippen LogP contribution in [0, 0.1) is 0 Å². The minimum Gasteiger partial charge on any atom is -0.506 e. The number of amides is 1. The molecular formula is C29H27NO8. The lowest BCUT2D eigenvalue weighted by molar-refractivity contribution is -0.140. The van der Waals surface area contributed by atoms with Gasteiger partial charge in [0.15, 0.2) is 0 Å². The van der Waals surface area contributed by atoms with Crippen molar-refractivity contribution in [2.45, 2.75) is 12.6 Å². The molecular weight excluding hydrogens is 490 g/mol. The lowest BCUT2D eigenvalue weighted by Crippen LogP contribution is -2.29. The Hall–Kier alpha value is -4.79. The molecule has 3 aromatic rings. The number of carbonyl (C=O) groups is 3. The van der Waals surface area contributed by atoms with E-state index in [2.05, 4.69) is 0 Å². The molecule has 0 radical (unpaired) electrons. The second-order valence-corrected chi connectivity index (χ2v) is 8.43. The number of hydrogen-bond donors (Lipinski definition) is 1. The van der Waals surface area contributed by atoms with Crippen LogP contribution in [0.25, 0.3) is 5.76 Å². The van der Waals surface area contributed by atoms with Gasteiger partial charge in [0.1, 0.15) is 28.6 Å². The summed E-state index contributed by atoms with van der Waals surface area (Å²) >= 11 is 0. The summed E-state index contributed by atoms with van der Waals surface area (Å²) in [4.78, 5) is 40.0. The number of aliphatic hydroxyl groups is 1. The van der Waals surface area contributed by atoms with Crippen molar-refractivity contribution in [1.29, 1.82) is 0 Å². The van der Waals surface area contributed by atoms with Crippen LogP contribution >= 0.6 is 0 Å². The molecule has 0 aromatic heterocycles. The summed E-state index contributed by atoms with van der Waals surface area (Å²) in [6.45, 7) is 0.0355. The summed E-state index contributed by atoms with van der Waals surface area (Å²) in [6.07, 6.45) is 0. The first-order valence-corrected chi connectivity index (χ1v) is 11.7. The van der Waals surface area contributed by atoms with Crippen LogP contribution in [-0.2, 0) is 20.9 Å². The van der Waals surface area contributed by atoms with Crippen molar-refractivity contribution in [2.24, 2.45) is 0 Å². The molecule has 4 rings (SSSR count). The number of Topliss-reactive ketones (excluding diaryl/α,β-unsaturated/α-hetero) is 1. The van der Waals surface area contributed by atoms with Crippen LogP contribution in [0.5, 0.6) is 17.2 Å². The average Bonchev–Trinajstić information content (AvgIpc) is 3.21. The third kappa shape index (κ3) is 4.78. The number of carbonyl (C=O) groups excluding carboxylic acids is 3. The highest BCUT2D eigenvalue weighted by atomic mass is 16.5. The van der Waals surface area contributed by atoms with E-state index in [0.717, 1.165) is 0 Å². The number of benzene rings is 3. The zero-order valence-corrected chi connectivity index (χ0v) is 21.4. The Morgan fingerprint density at radius 1 is 0.868 bits per heavy atom. The molecule has 1 saturated heterocycles. The lowest BCUT2D eigenvalue weighted by Gasteiger charge is -2.26. The Balaban J connectivity index is 1.88. The number of ether oxygens (including phenoxy) is 4. The van der Waals surface area contributed by atoms with Crippen molar-refractivity contribution in [3.63, 3.8) is 0 Å². The summed E-state index contributed by atoms with van der Waals surface area (Å²) < 4.78 is 21.0. The van der Waals surface area contributed by atoms with Gasteiger partial charge in [0.25, 0.3) is 11.7 Å². The normalized spacial score (nSPS) is 16.3. The van der Waals surface area contributed by atoms with E-state index in [1.807, 2.05) is 0 Å². The maximum absolute atomic E-state index is 13.5. The van der Waals surface area contributed by atoms with E-state index < -0.39 is 29.5 Å². The fourth-order valence-electron chi connectivity index (χ4n) is 4.48. The number of aliphatic hydroxyl groups excluding tert-OH is 1. The second kappa shape index (κ2) is 11.1. The fourth-order valence-corrected chi connectivity index (χ4v) is 4.48. The number of rotatable bonds is 8. The standard InChI is InChI=1S/C29H27NO8/c1-35-20-8-5-7-19(15-20)25-24(26(31)23-21(36-2)9-6-10-22(23)37-3)27(32)28(33)30(25)16-17-11-13-18(14-12-17)29(34)38-4/h5-15,25,31H,16H2,1-4H3/b26-24+. The van der Waals surface area contributed by atoms with Crippen molar-refractivity contribution in [1.82, 2.24) is 4.90 Å². The molecule has 0 bridgehead atoms. The van der Waals surface area contributed by atoms with Gasteiger partial charge in [-0.25, -0.2) is 4.79 Å². The SMILES string of the molecule is COC(=O)c1ccc(CN2C(=O)C(=O)/C(=C(/O)c3c(OC)cccc3OC)C2c2cccc(OC)c2)cc1. The summed E-state index contributed by atoms with van der Waals surface area (Å²) in [7, 11) is 5.67. The number of esters is 1. The number of nitrogens with zero attached hydrogens (tertiary/aromatic N) is 1. The Bertz CT molecular complexity index is 1390. The molecule has 0 saturated carbocycles. The Morgan fingerprint density at radius 3 is 2.08 bits per heavy atom. The Labute approximate surface area is 219 Å². The summed E-state index contributed by atoms with van der Waals surface area (Å²) in [6, 6.07) is 17.4. The van der Waals surface area contributed by atoms with Crippen molar-refractivity contribution in [2.75, 3.05) is 28.4 Å². The van der Waals surface area contributed by atoms with Crippen LogP contribution in [0.3, 0.4) is 0 Å². The van der Waals surface area contributed by atoms with Crippen LogP contribution in [-0.4, -0.2) is 56.1 Å². The molecule has 1 unspecified atom stereocenters. The minimum atomic E-state index is -0.944. The third-order valence-corrected chi connectivity index (χ3v) is 6.34. The van der Waals surface area contributed by atoms with Gasteiger partial charge in [-0.3, -0.25) is 9.59 Å². The van der Waals surface area contributed by atoms with Gasteiger partial charge in [0, 0.05) is 6.54 Å². The zero-order chi connectivity index (χ0) is 27.4. The molecule has 9 nitrogen and oxygen atoms in total. The molecule has 0 aliphatic carbocycles. The van der Waals surface area contributed by atoms with Crippen LogP contribution in [0.1, 0.15) is 33.1 Å². The van der Waals surface area contributed by atoms with Gasteiger partial charge >= 0.3 is 5.97 Å². The maximum atomic E-state index is 13.5. The summed E-state index contributed by atoms with van der Waals surface area (Å²) in [5.74, 6) is -1.48. The lowest BCUT2D eigenvalue weighted by atomic mass is 9.94. The van der Waals surface area contributed by atoms with Gasteiger partial charge in [-0.2, -0.15) is 0 Å². The largest absolute Gasteiger partial charge is 0.506 e. The first-order chi connectivity index (χ1) is 18.3. The highest BCUT2D eigenvalue weighted by molar-refractivity contribution is 6.46. The first kappa shape index (κ1) is 26.3. The Kier molecular flexibility index (Phi) is 7.66. The number of methoxy groups -OCH3 is 4. The van der Waals surface area contributed by atoms with Crippen LogP contribution < -0.4 is 14.2 Å². The second-order valence-electron chi connectivity index (χ2n) is 8.43. The van der Waals surface area contributed by atoms with Gasteiger partial charge in [0.2, 0.25) is 0 Å². The van der Waals surface area contributed by atoms with Crippen LogP contribution in [0.2, 0.25) is 0 Å².